The normalized spacial score (nSPS) is 11.3. The van der Waals surface area contributed by atoms with Crippen LogP contribution in [0.5, 0.6) is 17.2 Å². The molecule has 0 aromatic heterocycles. The van der Waals surface area contributed by atoms with Gasteiger partial charge in [-0.1, -0.05) is 12.1 Å². The third kappa shape index (κ3) is 4.89. The monoisotopic (exact) mass is 359 g/mol. The molecule has 0 radical (unpaired) electrons. The van der Waals surface area contributed by atoms with Crippen LogP contribution in [0.25, 0.3) is 0 Å². The van der Waals surface area contributed by atoms with Crippen molar-refractivity contribution in [2.75, 3.05) is 20.8 Å². The number of methoxy groups -OCH3 is 2. The van der Waals surface area contributed by atoms with E-state index in [1.54, 1.807) is 49.6 Å². The summed E-state index contributed by atoms with van der Waals surface area (Å²) < 4.78 is 15.6. The highest BCUT2D eigenvalue weighted by Crippen LogP contribution is 2.23. The molecule has 2 N–H and O–H groups in total. The van der Waals surface area contributed by atoms with Crippen molar-refractivity contribution in [3.8, 4) is 17.2 Å². The molecule has 26 heavy (non-hydrogen) atoms. The SMILES string of the molecule is COc1ccc(C(NC(=O)COc2ccc(OC)c(C)c2)C(=O)O)cc1. The van der Waals surface area contributed by atoms with Gasteiger partial charge in [0.15, 0.2) is 12.6 Å². The van der Waals surface area contributed by atoms with E-state index in [2.05, 4.69) is 5.32 Å². The number of aryl methyl sites for hydroxylation is 1. The lowest BCUT2D eigenvalue weighted by molar-refractivity contribution is -0.142. The van der Waals surface area contributed by atoms with Crippen molar-refractivity contribution in [2.24, 2.45) is 0 Å². The van der Waals surface area contributed by atoms with Gasteiger partial charge in [-0.2, -0.15) is 0 Å². The fourth-order valence-corrected chi connectivity index (χ4v) is 2.38. The van der Waals surface area contributed by atoms with Crippen LogP contribution in [0.4, 0.5) is 0 Å². The number of carbonyl (C=O) groups excluding carboxylic acids is 1. The van der Waals surface area contributed by atoms with Crippen molar-refractivity contribution in [1.82, 2.24) is 5.32 Å². The van der Waals surface area contributed by atoms with Gasteiger partial charge in [-0.3, -0.25) is 4.79 Å². The quantitative estimate of drug-likeness (QED) is 0.751. The molecule has 0 spiro atoms. The second-order valence-electron chi connectivity index (χ2n) is 5.53. The van der Waals surface area contributed by atoms with E-state index >= 15 is 0 Å². The van der Waals surface area contributed by atoms with Gasteiger partial charge in [0.05, 0.1) is 14.2 Å². The number of ether oxygens (including phenoxy) is 3. The average molecular weight is 359 g/mol. The average Bonchev–Trinajstić information content (AvgIpc) is 2.64. The van der Waals surface area contributed by atoms with Crippen LogP contribution >= 0.6 is 0 Å². The van der Waals surface area contributed by atoms with E-state index in [1.165, 1.54) is 7.11 Å². The van der Waals surface area contributed by atoms with Crippen LogP contribution < -0.4 is 19.5 Å². The maximum absolute atomic E-state index is 12.1. The predicted molar refractivity (Wildman–Crippen MR) is 94.7 cm³/mol. The van der Waals surface area contributed by atoms with Crippen molar-refractivity contribution in [1.29, 1.82) is 0 Å². The molecule has 0 fully saturated rings. The minimum absolute atomic E-state index is 0.300. The molecular weight excluding hydrogens is 338 g/mol. The molecule has 1 unspecified atom stereocenters. The van der Waals surface area contributed by atoms with Gasteiger partial charge in [0.25, 0.3) is 5.91 Å². The number of aliphatic carboxylic acids is 1. The Morgan fingerprint density at radius 2 is 1.69 bits per heavy atom. The van der Waals surface area contributed by atoms with Crippen LogP contribution in [0.15, 0.2) is 42.5 Å². The van der Waals surface area contributed by atoms with Crippen LogP contribution in [-0.2, 0) is 9.59 Å². The van der Waals surface area contributed by atoms with Gasteiger partial charge in [0.1, 0.15) is 17.2 Å². The van der Waals surface area contributed by atoms with Crippen molar-refractivity contribution >= 4 is 11.9 Å². The predicted octanol–water partition coefficient (Wildman–Crippen LogP) is 2.33. The van der Waals surface area contributed by atoms with Crippen LogP contribution in [-0.4, -0.2) is 37.8 Å². The number of hydrogen-bond acceptors (Lipinski definition) is 5. The number of carboxylic acids is 1. The number of nitrogens with one attached hydrogen (secondary N) is 1. The summed E-state index contributed by atoms with van der Waals surface area (Å²) >= 11 is 0. The van der Waals surface area contributed by atoms with Crippen LogP contribution in [0.1, 0.15) is 17.2 Å². The maximum atomic E-state index is 12.1. The zero-order valence-corrected chi connectivity index (χ0v) is 14.8. The lowest BCUT2D eigenvalue weighted by Crippen LogP contribution is -2.36. The van der Waals surface area contributed by atoms with E-state index in [-0.39, 0.29) is 6.61 Å². The third-order valence-electron chi connectivity index (χ3n) is 3.74. The lowest BCUT2D eigenvalue weighted by atomic mass is 10.1. The van der Waals surface area contributed by atoms with E-state index in [1.807, 2.05) is 6.92 Å². The molecule has 0 aliphatic carbocycles. The number of rotatable bonds is 8. The van der Waals surface area contributed by atoms with E-state index in [4.69, 9.17) is 14.2 Å². The molecule has 138 valence electrons. The Labute approximate surface area is 151 Å². The Hall–Kier alpha value is -3.22. The lowest BCUT2D eigenvalue weighted by Gasteiger charge is -2.16. The van der Waals surface area contributed by atoms with Gasteiger partial charge < -0.3 is 24.6 Å². The zero-order valence-electron chi connectivity index (χ0n) is 14.8. The minimum Gasteiger partial charge on any atom is -0.497 e. The van der Waals surface area contributed by atoms with Gasteiger partial charge in [0, 0.05) is 0 Å². The summed E-state index contributed by atoms with van der Waals surface area (Å²) in [5.74, 6) is 0.106. The topological polar surface area (TPSA) is 94.1 Å². The van der Waals surface area contributed by atoms with Crippen molar-refractivity contribution in [2.45, 2.75) is 13.0 Å². The summed E-state index contributed by atoms with van der Waals surface area (Å²) in [7, 11) is 3.09. The molecule has 2 aromatic rings. The van der Waals surface area contributed by atoms with E-state index in [0.717, 1.165) is 5.56 Å². The Morgan fingerprint density at radius 3 is 2.23 bits per heavy atom. The minimum atomic E-state index is -1.17. The van der Waals surface area contributed by atoms with Crippen molar-refractivity contribution in [3.05, 3.63) is 53.6 Å². The van der Waals surface area contributed by atoms with Gasteiger partial charge in [-0.25, -0.2) is 4.79 Å². The van der Waals surface area contributed by atoms with E-state index < -0.39 is 17.9 Å². The Kier molecular flexibility index (Phi) is 6.43. The molecule has 0 saturated heterocycles. The first kappa shape index (κ1) is 19.1. The smallest absolute Gasteiger partial charge is 0.330 e. The standard InChI is InChI=1S/C19H21NO6/c1-12-10-15(8-9-16(12)25-3)26-11-17(21)20-18(19(22)23)13-4-6-14(24-2)7-5-13/h4-10,18H,11H2,1-3H3,(H,20,21)(H,22,23). The van der Waals surface area contributed by atoms with Crippen molar-refractivity contribution in [3.63, 3.8) is 0 Å². The van der Waals surface area contributed by atoms with Crippen molar-refractivity contribution < 1.29 is 28.9 Å². The molecule has 2 aromatic carbocycles. The molecule has 7 heteroatoms. The molecule has 1 amide bonds. The highest BCUT2D eigenvalue weighted by atomic mass is 16.5. The summed E-state index contributed by atoms with van der Waals surface area (Å²) in [5.41, 5.74) is 1.30. The van der Waals surface area contributed by atoms with Gasteiger partial charge in [-0.05, 0) is 48.4 Å². The highest BCUT2D eigenvalue weighted by Gasteiger charge is 2.22. The summed E-state index contributed by atoms with van der Waals surface area (Å²) in [5, 5.41) is 11.8. The van der Waals surface area contributed by atoms with Crippen LogP contribution in [0.3, 0.4) is 0 Å². The highest BCUT2D eigenvalue weighted by molar-refractivity contribution is 5.85. The van der Waals surface area contributed by atoms with Crippen LogP contribution in [0.2, 0.25) is 0 Å². The number of carbonyl (C=O) groups is 2. The van der Waals surface area contributed by atoms with E-state index in [0.29, 0.717) is 22.8 Å². The fraction of sp³-hybridized carbons (Fsp3) is 0.263. The summed E-state index contributed by atoms with van der Waals surface area (Å²) in [4.78, 5) is 23.6. The number of amides is 1. The zero-order chi connectivity index (χ0) is 19.1. The Bertz CT molecular complexity index is 772. The molecule has 0 aliphatic rings. The summed E-state index contributed by atoms with van der Waals surface area (Å²) in [6.45, 7) is 1.56. The van der Waals surface area contributed by atoms with Gasteiger partial charge in [-0.15, -0.1) is 0 Å². The van der Waals surface area contributed by atoms with Gasteiger partial charge in [0.2, 0.25) is 0 Å². The molecule has 0 heterocycles. The van der Waals surface area contributed by atoms with Gasteiger partial charge >= 0.3 is 5.97 Å². The fourth-order valence-electron chi connectivity index (χ4n) is 2.38. The van der Waals surface area contributed by atoms with Crippen LogP contribution in [0, 0.1) is 6.92 Å². The molecule has 0 aliphatic heterocycles. The number of benzene rings is 2. The summed E-state index contributed by atoms with van der Waals surface area (Å²) in [6, 6.07) is 10.4. The number of carboxylic acid groups (broad SMARTS) is 1. The molecule has 7 nitrogen and oxygen atoms in total. The number of hydrogen-bond donors (Lipinski definition) is 2. The largest absolute Gasteiger partial charge is 0.497 e. The second-order valence-corrected chi connectivity index (χ2v) is 5.53. The molecule has 2 rings (SSSR count). The molecule has 0 bridgehead atoms. The maximum Gasteiger partial charge on any atom is 0.330 e. The first-order chi connectivity index (χ1) is 12.4. The Balaban J connectivity index is 1.99. The third-order valence-corrected chi connectivity index (χ3v) is 3.74. The summed E-state index contributed by atoms with van der Waals surface area (Å²) in [6.07, 6.45) is 0. The van der Waals surface area contributed by atoms with E-state index in [9.17, 15) is 14.7 Å². The molecule has 1 atom stereocenters. The molecule has 0 saturated carbocycles. The molecular formula is C19H21NO6. The second kappa shape index (κ2) is 8.75. The first-order valence-electron chi connectivity index (χ1n) is 7.88. The first-order valence-corrected chi connectivity index (χ1v) is 7.88. The Morgan fingerprint density at radius 1 is 1.04 bits per heavy atom.